The Labute approximate surface area is 136 Å². The maximum absolute atomic E-state index is 12.2. The first-order valence-corrected chi connectivity index (χ1v) is 8.98. The summed E-state index contributed by atoms with van der Waals surface area (Å²) >= 11 is 0. The standard InChI is InChI=1S/C16H20N2O4S/c1-3-10-23(21,22)17-16(20)14-8-9-15(19)18(14)11-13-6-4-12(2)5-7-13/h3-7,14H,1,8-11H2,2H3,(H,17,20)/t14-/m1/s1. The summed E-state index contributed by atoms with van der Waals surface area (Å²) in [6.07, 6.45) is 1.77. The molecule has 1 saturated heterocycles. The smallest absolute Gasteiger partial charge is 0.256 e. The van der Waals surface area contributed by atoms with E-state index in [2.05, 4.69) is 6.58 Å². The maximum Gasteiger partial charge on any atom is 0.256 e. The Bertz CT molecular complexity index is 710. The lowest BCUT2D eigenvalue weighted by Crippen LogP contribution is -2.46. The summed E-state index contributed by atoms with van der Waals surface area (Å²) in [7, 11) is -3.74. The molecule has 2 rings (SSSR count). The minimum Gasteiger partial charge on any atom is -0.326 e. The molecule has 23 heavy (non-hydrogen) atoms. The van der Waals surface area contributed by atoms with Crippen molar-refractivity contribution in [3.05, 3.63) is 48.0 Å². The Balaban J connectivity index is 2.11. The van der Waals surface area contributed by atoms with Crippen molar-refractivity contribution in [2.45, 2.75) is 32.4 Å². The quantitative estimate of drug-likeness (QED) is 0.789. The maximum atomic E-state index is 12.2. The van der Waals surface area contributed by atoms with E-state index in [4.69, 9.17) is 0 Å². The van der Waals surface area contributed by atoms with Gasteiger partial charge in [0.25, 0.3) is 5.91 Å². The Hall–Kier alpha value is -2.15. The van der Waals surface area contributed by atoms with Crippen molar-refractivity contribution in [2.75, 3.05) is 5.75 Å². The first-order chi connectivity index (χ1) is 10.8. The highest BCUT2D eigenvalue weighted by atomic mass is 32.2. The molecule has 0 aliphatic carbocycles. The molecular formula is C16H20N2O4S. The molecule has 2 amide bonds. The number of hydrogen-bond acceptors (Lipinski definition) is 4. The van der Waals surface area contributed by atoms with Gasteiger partial charge in [-0.2, -0.15) is 0 Å². The summed E-state index contributed by atoms with van der Waals surface area (Å²) in [6, 6.07) is 6.89. The zero-order chi connectivity index (χ0) is 17.0. The van der Waals surface area contributed by atoms with Crippen molar-refractivity contribution in [1.29, 1.82) is 0 Å². The highest BCUT2D eigenvalue weighted by Gasteiger charge is 2.37. The third-order valence-electron chi connectivity index (χ3n) is 3.70. The van der Waals surface area contributed by atoms with E-state index in [1.165, 1.54) is 11.0 Å². The average molecular weight is 336 g/mol. The van der Waals surface area contributed by atoms with E-state index in [1.54, 1.807) is 0 Å². The van der Waals surface area contributed by atoms with Crippen LogP contribution in [-0.4, -0.2) is 36.9 Å². The van der Waals surface area contributed by atoms with E-state index in [1.807, 2.05) is 35.9 Å². The van der Waals surface area contributed by atoms with Crippen molar-refractivity contribution in [3.8, 4) is 0 Å². The Morgan fingerprint density at radius 3 is 2.65 bits per heavy atom. The molecule has 1 heterocycles. The van der Waals surface area contributed by atoms with Gasteiger partial charge < -0.3 is 4.90 Å². The molecule has 1 fully saturated rings. The summed E-state index contributed by atoms with van der Waals surface area (Å²) in [5, 5.41) is 0. The molecule has 0 saturated carbocycles. The van der Waals surface area contributed by atoms with Crippen LogP contribution in [0.15, 0.2) is 36.9 Å². The third kappa shape index (κ3) is 4.41. The lowest BCUT2D eigenvalue weighted by molar-refractivity contribution is -0.135. The van der Waals surface area contributed by atoms with E-state index in [0.29, 0.717) is 13.0 Å². The van der Waals surface area contributed by atoms with E-state index in [0.717, 1.165) is 11.1 Å². The van der Waals surface area contributed by atoms with Crippen LogP contribution < -0.4 is 4.72 Å². The molecule has 0 unspecified atom stereocenters. The van der Waals surface area contributed by atoms with Gasteiger partial charge in [-0.1, -0.05) is 35.9 Å². The Kier molecular flexibility index (Phi) is 5.20. The average Bonchev–Trinajstić information content (AvgIpc) is 2.82. The van der Waals surface area contributed by atoms with Crippen molar-refractivity contribution in [2.24, 2.45) is 0 Å². The zero-order valence-corrected chi connectivity index (χ0v) is 13.8. The fourth-order valence-electron chi connectivity index (χ4n) is 2.51. The van der Waals surface area contributed by atoms with Crippen molar-refractivity contribution < 1.29 is 18.0 Å². The number of rotatable bonds is 6. The number of carbonyl (C=O) groups is 2. The van der Waals surface area contributed by atoms with E-state index < -0.39 is 22.0 Å². The number of benzene rings is 1. The van der Waals surface area contributed by atoms with Gasteiger partial charge in [0, 0.05) is 13.0 Å². The van der Waals surface area contributed by atoms with Gasteiger partial charge in [-0.05, 0) is 18.9 Å². The van der Waals surface area contributed by atoms with E-state index in [-0.39, 0.29) is 18.1 Å². The number of nitrogens with zero attached hydrogens (tertiary/aromatic N) is 1. The van der Waals surface area contributed by atoms with E-state index >= 15 is 0 Å². The predicted octanol–water partition coefficient (Wildman–Crippen LogP) is 1.12. The molecule has 1 N–H and O–H groups in total. The van der Waals surface area contributed by atoms with E-state index in [9.17, 15) is 18.0 Å². The molecule has 6 nitrogen and oxygen atoms in total. The van der Waals surface area contributed by atoms with Crippen LogP contribution in [0, 0.1) is 6.92 Å². The molecule has 0 aromatic heterocycles. The van der Waals surface area contributed by atoms with Crippen molar-refractivity contribution >= 4 is 21.8 Å². The number of sulfonamides is 1. The third-order valence-corrected chi connectivity index (χ3v) is 4.88. The second-order valence-electron chi connectivity index (χ2n) is 5.60. The fraction of sp³-hybridized carbons (Fsp3) is 0.375. The van der Waals surface area contributed by atoms with Crippen LogP contribution in [0.5, 0.6) is 0 Å². The van der Waals surface area contributed by atoms with Crippen LogP contribution in [0.1, 0.15) is 24.0 Å². The summed E-state index contributed by atoms with van der Waals surface area (Å²) in [6.45, 7) is 5.60. The summed E-state index contributed by atoms with van der Waals surface area (Å²) in [4.78, 5) is 25.7. The molecule has 1 atom stereocenters. The minimum atomic E-state index is -3.74. The molecule has 1 aromatic carbocycles. The van der Waals surface area contributed by atoms with Crippen molar-refractivity contribution in [3.63, 3.8) is 0 Å². The van der Waals surface area contributed by atoms with Crippen molar-refractivity contribution in [1.82, 2.24) is 9.62 Å². The molecule has 0 radical (unpaired) electrons. The predicted molar refractivity (Wildman–Crippen MR) is 86.9 cm³/mol. The van der Waals surface area contributed by atoms with Crippen LogP contribution in [0.4, 0.5) is 0 Å². The zero-order valence-electron chi connectivity index (χ0n) is 13.0. The Morgan fingerprint density at radius 1 is 1.39 bits per heavy atom. The SMILES string of the molecule is C=CCS(=O)(=O)NC(=O)[C@H]1CCC(=O)N1Cc1ccc(C)cc1. The van der Waals surface area contributed by atoms with Gasteiger partial charge in [0.05, 0.1) is 5.75 Å². The highest BCUT2D eigenvalue weighted by Crippen LogP contribution is 2.22. The van der Waals surface area contributed by atoms with Crippen LogP contribution in [0.2, 0.25) is 0 Å². The second-order valence-corrected chi connectivity index (χ2v) is 7.37. The summed E-state index contributed by atoms with van der Waals surface area (Å²) in [5.74, 6) is -1.14. The van der Waals surface area contributed by atoms with Gasteiger partial charge in [-0.3, -0.25) is 14.3 Å². The summed E-state index contributed by atoms with van der Waals surface area (Å²) in [5.41, 5.74) is 2.00. The van der Waals surface area contributed by atoms with Crippen LogP contribution in [0.25, 0.3) is 0 Å². The monoisotopic (exact) mass is 336 g/mol. The van der Waals surface area contributed by atoms with Gasteiger partial charge >= 0.3 is 0 Å². The molecule has 0 bridgehead atoms. The molecule has 7 heteroatoms. The minimum absolute atomic E-state index is 0.146. The lowest BCUT2D eigenvalue weighted by Gasteiger charge is -2.24. The fourth-order valence-corrected chi connectivity index (χ4v) is 3.35. The Morgan fingerprint density at radius 2 is 2.04 bits per heavy atom. The number of amides is 2. The molecule has 1 aliphatic heterocycles. The van der Waals surface area contributed by atoms with Gasteiger partial charge in [0.15, 0.2) is 0 Å². The van der Waals surface area contributed by atoms with Gasteiger partial charge in [0.2, 0.25) is 15.9 Å². The first-order valence-electron chi connectivity index (χ1n) is 7.32. The van der Waals surface area contributed by atoms with Gasteiger partial charge in [0.1, 0.15) is 6.04 Å². The molecule has 1 aliphatic rings. The molecular weight excluding hydrogens is 316 g/mol. The van der Waals surface area contributed by atoms with Gasteiger partial charge in [-0.15, -0.1) is 6.58 Å². The number of hydrogen-bond donors (Lipinski definition) is 1. The highest BCUT2D eigenvalue weighted by molar-refractivity contribution is 7.90. The van der Waals surface area contributed by atoms with Crippen LogP contribution in [0.3, 0.4) is 0 Å². The van der Waals surface area contributed by atoms with Crippen LogP contribution in [-0.2, 0) is 26.2 Å². The summed E-state index contributed by atoms with van der Waals surface area (Å²) < 4.78 is 25.4. The normalized spacial score (nSPS) is 18.0. The lowest BCUT2D eigenvalue weighted by atomic mass is 10.1. The van der Waals surface area contributed by atoms with Crippen LogP contribution >= 0.6 is 0 Å². The first kappa shape index (κ1) is 17.2. The molecule has 124 valence electrons. The molecule has 0 spiro atoms. The largest absolute Gasteiger partial charge is 0.326 e. The number of nitrogens with one attached hydrogen (secondary N) is 1. The number of aryl methyl sites for hydroxylation is 1. The molecule has 1 aromatic rings. The number of likely N-dealkylation sites (tertiary alicyclic amines) is 1. The number of carbonyl (C=O) groups excluding carboxylic acids is 2. The second kappa shape index (κ2) is 6.95. The van der Waals surface area contributed by atoms with Gasteiger partial charge in [-0.25, -0.2) is 8.42 Å². The topological polar surface area (TPSA) is 83.5 Å².